The van der Waals surface area contributed by atoms with Crippen LogP contribution >= 0.6 is 14.7 Å². The van der Waals surface area contributed by atoms with Crippen molar-refractivity contribution < 1.29 is 37.2 Å². The molecule has 0 aromatic heterocycles. The average molecular weight is 382 g/mol. The molecule has 0 N–H and O–H groups in total. The van der Waals surface area contributed by atoms with Crippen LogP contribution in [0.3, 0.4) is 0 Å². The first-order chi connectivity index (χ1) is 11.1. The van der Waals surface area contributed by atoms with Crippen LogP contribution in [0.2, 0.25) is 0 Å². The molecular formula is C14H24O8P2. The van der Waals surface area contributed by atoms with Gasteiger partial charge < -0.3 is 23.1 Å². The van der Waals surface area contributed by atoms with Gasteiger partial charge in [0.2, 0.25) is 0 Å². The largest absolute Gasteiger partial charge is 0.452 e. The lowest BCUT2D eigenvalue weighted by atomic mass is 10.6. The molecule has 0 atom stereocenters. The van der Waals surface area contributed by atoms with E-state index >= 15 is 0 Å². The van der Waals surface area contributed by atoms with Crippen LogP contribution in [0.15, 0.2) is 0 Å². The van der Waals surface area contributed by atoms with E-state index in [-0.39, 0.29) is 32.6 Å². The van der Waals surface area contributed by atoms with Crippen molar-refractivity contribution in [1.29, 1.82) is 0 Å². The molecule has 0 fully saturated rings. The molecule has 0 aliphatic carbocycles. The summed E-state index contributed by atoms with van der Waals surface area (Å²) < 4.78 is 43.0. The third-order valence-corrected chi connectivity index (χ3v) is 5.19. The lowest BCUT2D eigenvalue weighted by molar-refractivity contribution is -0.140. The van der Waals surface area contributed by atoms with Crippen LogP contribution in [0, 0.1) is 11.8 Å². The van der Waals surface area contributed by atoms with Crippen molar-refractivity contribution in [2.24, 2.45) is 0 Å². The number of hydrogen-bond donors (Lipinski definition) is 0. The van der Waals surface area contributed by atoms with E-state index in [1.54, 1.807) is 13.8 Å². The molecule has 8 nitrogen and oxygen atoms in total. The van der Waals surface area contributed by atoms with Gasteiger partial charge in [0, 0.05) is 0 Å². The van der Waals surface area contributed by atoms with Crippen molar-refractivity contribution in [3.05, 3.63) is 0 Å². The third kappa shape index (κ3) is 12.3. The Balaban J connectivity index is 4.12. The van der Waals surface area contributed by atoms with Crippen molar-refractivity contribution in [1.82, 2.24) is 0 Å². The second kappa shape index (κ2) is 11.4. The van der Waals surface area contributed by atoms with Gasteiger partial charge in [-0.05, 0) is 27.2 Å². The maximum Gasteiger partial charge on any atom is 0.341 e. The van der Waals surface area contributed by atoms with Gasteiger partial charge in [-0.25, -0.2) is 0 Å². The molecule has 24 heavy (non-hydrogen) atoms. The third-order valence-electron chi connectivity index (χ3n) is 2.22. The van der Waals surface area contributed by atoms with Gasteiger partial charge in [0.25, 0.3) is 0 Å². The molecule has 0 saturated heterocycles. The zero-order valence-electron chi connectivity index (χ0n) is 14.4. The zero-order valence-corrected chi connectivity index (χ0v) is 16.2. The summed E-state index contributed by atoms with van der Waals surface area (Å²) in [5, 5.41) is 0. The standard InChI is InChI=1S/C14H24O8P2/c1-5-21-24(18,22-6-2)12-14(16)20-10-8-7-9-19-13(15)11-23(3,4)17/h5-6,9-12H2,1-4H3. The lowest BCUT2D eigenvalue weighted by Crippen LogP contribution is -2.13. The van der Waals surface area contributed by atoms with E-state index in [1.165, 1.54) is 13.3 Å². The molecule has 0 saturated carbocycles. The summed E-state index contributed by atoms with van der Waals surface area (Å²) in [6, 6.07) is 0. The van der Waals surface area contributed by atoms with Gasteiger partial charge in [0.05, 0.1) is 26.5 Å². The molecule has 0 rings (SSSR count). The fourth-order valence-electron chi connectivity index (χ4n) is 1.42. The quantitative estimate of drug-likeness (QED) is 0.321. The maximum atomic E-state index is 12.1. The van der Waals surface area contributed by atoms with Crippen LogP contribution in [-0.4, -0.2) is 64.0 Å². The molecule has 0 bridgehead atoms. The van der Waals surface area contributed by atoms with Crippen molar-refractivity contribution >= 4 is 26.7 Å². The minimum Gasteiger partial charge on any atom is -0.452 e. The van der Waals surface area contributed by atoms with Crippen LogP contribution in [0.5, 0.6) is 0 Å². The number of carbonyl (C=O) groups excluding carboxylic acids is 2. The molecule has 10 heteroatoms. The Hall–Kier alpha value is -1.12. The molecule has 0 aromatic carbocycles. The van der Waals surface area contributed by atoms with Gasteiger partial charge in [-0.15, -0.1) is 0 Å². The van der Waals surface area contributed by atoms with E-state index in [9.17, 15) is 18.7 Å². The van der Waals surface area contributed by atoms with Crippen molar-refractivity contribution in [3.8, 4) is 11.8 Å². The number of esters is 2. The van der Waals surface area contributed by atoms with Gasteiger partial charge in [-0.3, -0.25) is 14.2 Å². The van der Waals surface area contributed by atoms with E-state index in [0.717, 1.165) is 0 Å². The van der Waals surface area contributed by atoms with Gasteiger partial charge in [0.1, 0.15) is 6.16 Å². The summed E-state index contributed by atoms with van der Waals surface area (Å²) in [5.41, 5.74) is 0. The molecule has 0 aromatic rings. The van der Waals surface area contributed by atoms with Crippen LogP contribution in [-0.2, 0) is 37.2 Å². The van der Waals surface area contributed by atoms with Crippen LogP contribution in [0.4, 0.5) is 0 Å². The van der Waals surface area contributed by atoms with Crippen molar-refractivity contribution in [2.75, 3.05) is 52.1 Å². The average Bonchev–Trinajstić information content (AvgIpc) is 2.40. The number of rotatable bonds is 10. The van der Waals surface area contributed by atoms with Gasteiger partial charge in [0.15, 0.2) is 13.2 Å². The molecular weight excluding hydrogens is 358 g/mol. The Kier molecular flexibility index (Phi) is 10.9. The van der Waals surface area contributed by atoms with Crippen molar-refractivity contribution in [2.45, 2.75) is 13.8 Å². The first kappa shape index (κ1) is 22.9. The molecule has 0 aliphatic heterocycles. The Bertz CT molecular complexity index is 559. The number of hydrogen-bond acceptors (Lipinski definition) is 8. The molecule has 0 radical (unpaired) electrons. The summed E-state index contributed by atoms with van der Waals surface area (Å²) in [5.74, 6) is 3.60. The van der Waals surface area contributed by atoms with E-state index in [0.29, 0.717) is 0 Å². The monoisotopic (exact) mass is 382 g/mol. The highest BCUT2D eigenvalue weighted by Crippen LogP contribution is 2.47. The van der Waals surface area contributed by atoms with E-state index in [1.807, 2.05) is 0 Å². The van der Waals surface area contributed by atoms with E-state index < -0.39 is 32.8 Å². The van der Waals surface area contributed by atoms with Crippen LogP contribution in [0.25, 0.3) is 0 Å². The molecule has 0 unspecified atom stereocenters. The highest BCUT2D eigenvalue weighted by Gasteiger charge is 2.28. The summed E-state index contributed by atoms with van der Waals surface area (Å²) in [7, 11) is -5.96. The molecule has 138 valence electrons. The van der Waals surface area contributed by atoms with Crippen LogP contribution in [0.1, 0.15) is 13.8 Å². The normalized spacial score (nSPS) is 11.3. The second-order valence-corrected chi connectivity index (χ2v) is 10.5. The smallest absolute Gasteiger partial charge is 0.341 e. The molecule has 0 aliphatic rings. The summed E-state index contributed by atoms with van der Waals surface area (Å²) in [4.78, 5) is 22.8. The Morgan fingerprint density at radius 3 is 1.62 bits per heavy atom. The summed E-state index contributed by atoms with van der Waals surface area (Å²) in [6.45, 7) is 6.13. The first-order valence-electron chi connectivity index (χ1n) is 7.31. The van der Waals surface area contributed by atoms with E-state index in [4.69, 9.17) is 18.5 Å². The minimum atomic E-state index is -3.49. The number of carbonyl (C=O) groups is 2. The van der Waals surface area contributed by atoms with Crippen LogP contribution < -0.4 is 0 Å². The lowest BCUT2D eigenvalue weighted by Gasteiger charge is -2.15. The summed E-state index contributed by atoms with van der Waals surface area (Å²) >= 11 is 0. The summed E-state index contributed by atoms with van der Waals surface area (Å²) in [6.07, 6.45) is -0.637. The predicted octanol–water partition coefficient (Wildman–Crippen LogP) is 1.96. The Morgan fingerprint density at radius 2 is 1.25 bits per heavy atom. The fraction of sp³-hybridized carbons (Fsp3) is 0.714. The fourth-order valence-corrected chi connectivity index (χ4v) is 3.58. The number of ether oxygens (including phenoxy) is 2. The molecule has 0 spiro atoms. The maximum absolute atomic E-state index is 12.1. The molecule has 0 heterocycles. The highest BCUT2D eigenvalue weighted by atomic mass is 31.2. The predicted molar refractivity (Wildman–Crippen MR) is 89.7 cm³/mol. The van der Waals surface area contributed by atoms with Gasteiger partial charge in [-0.2, -0.15) is 0 Å². The zero-order chi connectivity index (χ0) is 18.6. The van der Waals surface area contributed by atoms with Gasteiger partial charge in [-0.1, -0.05) is 11.8 Å². The van der Waals surface area contributed by atoms with E-state index in [2.05, 4.69) is 11.8 Å². The minimum absolute atomic E-state index is 0.145. The Morgan fingerprint density at radius 1 is 0.833 bits per heavy atom. The molecule has 0 amide bonds. The highest BCUT2D eigenvalue weighted by molar-refractivity contribution is 7.63. The Labute approximate surface area is 142 Å². The van der Waals surface area contributed by atoms with Gasteiger partial charge >= 0.3 is 19.5 Å². The first-order valence-corrected chi connectivity index (χ1v) is 11.8. The van der Waals surface area contributed by atoms with Crippen molar-refractivity contribution in [3.63, 3.8) is 0 Å². The second-order valence-electron chi connectivity index (χ2n) is 5.01. The topological polar surface area (TPSA) is 105 Å². The SMILES string of the molecule is CCOP(=O)(CC(=O)OCC#CCOC(=O)CP(C)(C)=O)OCC.